The van der Waals surface area contributed by atoms with E-state index < -0.39 is 12.2 Å². The number of nitrogens with one attached hydrogen (secondary N) is 1. The van der Waals surface area contributed by atoms with E-state index in [0.29, 0.717) is 17.9 Å². The van der Waals surface area contributed by atoms with Gasteiger partial charge in [-0.25, -0.2) is 23.1 Å². The van der Waals surface area contributed by atoms with Crippen molar-refractivity contribution in [3.63, 3.8) is 0 Å². The van der Waals surface area contributed by atoms with E-state index >= 15 is 0 Å². The Balaban J connectivity index is 1.33. The maximum Gasteiger partial charge on any atom is 0.297 e. The van der Waals surface area contributed by atoms with Gasteiger partial charge in [-0.15, -0.1) is 0 Å². The van der Waals surface area contributed by atoms with Gasteiger partial charge in [0.2, 0.25) is 0 Å². The normalized spacial score (nSPS) is 15.2. The van der Waals surface area contributed by atoms with Gasteiger partial charge in [-0.3, -0.25) is 4.90 Å². The van der Waals surface area contributed by atoms with E-state index in [-0.39, 0.29) is 5.82 Å². The molecule has 1 aliphatic rings. The molecule has 3 aromatic rings. The van der Waals surface area contributed by atoms with Gasteiger partial charge in [0.1, 0.15) is 11.6 Å². The number of rotatable bonds is 6. The van der Waals surface area contributed by atoms with E-state index in [4.69, 9.17) is 0 Å². The first-order valence-electron chi connectivity index (χ1n) is 9.62. The Hall–Kier alpha value is -2.87. The van der Waals surface area contributed by atoms with Crippen LogP contribution in [0.4, 0.5) is 24.7 Å². The van der Waals surface area contributed by atoms with Crippen molar-refractivity contribution in [1.82, 2.24) is 14.9 Å². The number of aromatic nitrogens is 2. The summed E-state index contributed by atoms with van der Waals surface area (Å²) in [5.41, 5.74) is 1.53. The van der Waals surface area contributed by atoms with Gasteiger partial charge in [0, 0.05) is 50.3 Å². The molecular weight excluding hydrogens is 379 g/mol. The van der Waals surface area contributed by atoms with Crippen LogP contribution in [-0.2, 0) is 0 Å². The number of benzene rings is 2. The second-order valence-electron chi connectivity index (χ2n) is 6.98. The van der Waals surface area contributed by atoms with Gasteiger partial charge in [-0.1, -0.05) is 12.1 Å². The molecule has 0 unspecified atom stereocenters. The Labute approximate surface area is 167 Å². The van der Waals surface area contributed by atoms with Crippen molar-refractivity contribution >= 4 is 22.4 Å². The first-order chi connectivity index (χ1) is 14.1. The van der Waals surface area contributed by atoms with Gasteiger partial charge < -0.3 is 10.2 Å². The molecule has 0 bridgehead atoms. The molecule has 2 heterocycles. The van der Waals surface area contributed by atoms with Gasteiger partial charge in [-0.05, 0) is 36.4 Å². The number of alkyl halides is 2. The van der Waals surface area contributed by atoms with Crippen LogP contribution in [-0.4, -0.2) is 54.1 Å². The highest BCUT2D eigenvalue weighted by Gasteiger charge is 2.18. The van der Waals surface area contributed by atoms with Crippen molar-refractivity contribution in [3.8, 4) is 0 Å². The van der Waals surface area contributed by atoms with E-state index in [1.807, 2.05) is 12.1 Å². The SMILES string of the molecule is Fc1ccc(N2CCN(CCNc3nc(C(F)F)nc4ccccc34)CC2)cc1. The summed E-state index contributed by atoms with van der Waals surface area (Å²) in [6, 6.07) is 13.7. The summed E-state index contributed by atoms with van der Waals surface area (Å²) in [5.74, 6) is -0.249. The van der Waals surface area contributed by atoms with Gasteiger partial charge >= 0.3 is 0 Å². The molecule has 5 nitrogen and oxygen atoms in total. The molecule has 1 aromatic heterocycles. The Morgan fingerprint density at radius 2 is 1.66 bits per heavy atom. The van der Waals surface area contributed by atoms with Gasteiger partial charge in [-0.2, -0.15) is 0 Å². The lowest BCUT2D eigenvalue weighted by atomic mass is 10.2. The third-order valence-corrected chi connectivity index (χ3v) is 5.10. The molecule has 0 atom stereocenters. The van der Waals surface area contributed by atoms with E-state index in [1.165, 1.54) is 12.1 Å². The highest BCUT2D eigenvalue weighted by atomic mass is 19.3. The summed E-state index contributed by atoms with van der Waals surface area (Å²) in [6.07, 6.45) is -2.71. The van der Waals surface area contributed by atoms with Crippen molar-refractivity contribution in [2.75, 3.05) is 49.5 Å². The van der Waals surface area contributed by atoms with Crippen molar-refractivity contribution < 1.29 is 13.2 Å². The third-order valence-electron chi connectivity index (χ3n) is 5.10. The Morgan fingerprint density at radius 3 is 2.38 bits per heavy atom. The minimum atomic E-state index is -2.71. The Kier molecular flexibility index (Phi) is 5.80. The molecule has 0 aliphatic carbocycles. The van der Waals surface area contributed by atoms with Gasteiger partial charge in [0.05, 0.1) is 5.52 Å². The number of hydrogen-bond donors (Lipinski definition) is 1. The molecule has 1 aliphatic heterocycles. The average molecular weight is 401 g/mol. The van der Waals surface area contributed by atoms with Crippen molar-refractivity contribution in [2.24, 2.45) is 0 Å². The summed E-state index contributed by atoms with van der Waals surface area (Å²) in [6.45, 7) is 4.85. The Morgan fingerprint density at radius 1 is 0.931 bits per heavy atom. The molecule has 152 valence electrons. The minimum Gasteiger partial charge on any atom is -0.369 e. The smallest absolute Gasteiger partial charge is 0.297 e. The predicted octanol–water partition coefficient (Wildman–Crippen LogP) is 3.94. The van der Waals surface area contributed by atoms with E-state index in [9.17, 15) is 13.2 Å². The molecule has 29 heavy (non-hydrogen) atoms. The lowest BCUT2D eigenvalue weighted by molar-refractivity contribution is 0.141. The van der Waals surface area contributed by atoms with Gasteiger partial charge in [0.15, 0.2) is 5.82 Å². The number of anilines is 2. The molecule has 0 spiro atoms. The van der Waals surface area contributed by atoms with Crippen LogP contribution in [0.2, 0.25) is 0 Å². The fourth-order valence-electron chi connectivity index (χ4n) is 3.54. The zero-order valence-electron chi connectivity index (χ0n) is 15.9. The maximum atomic E-state index is 13.1. The summed E-state index contributed by atoms with van der Waals surface area (Å²) in [7, 11) is 0. The fourth-order valence-corrected chi connectivity index (χ4v) is 3.54. The van der Waals surface area contributed by atoms with Crippen LogP contribution >= 0.6 is 0 Å². The average Bonchev–Trinajstić information content (AvgIpc) is 2.74. The number of fused-ring (bicyclic) bond motifs is 1. The molecule has 1 N–H and O–H groups in total. The number of hydrogen-bond acceptors (Lipinski definition) is 5. The second-order valence-corrected chi connectivity index (χ2v) is 6.98. The standard InChI is InChI=1S/C21H22F3N5/c22-15-5-7-16(8-6-15)29-13-11-28(12-14-29)10-9-25-20-17-3-1-2-4-18(17)26-21(27-20)19(23)24/h1-8,19H,9-14H2,(H,25,26,27). The van der Waals surface area contributed by atoms with Crippen molar-refractivity contribution in [1.29, 1.82) is 0 Å². The van der Waals surface area contributed by atoms with Crippen LogP contribution < -0.4 is 10.2 Å². The number of halogens is 3. The van der Waals surface area contributed by atoms with E-state index in [0.717, 1.165) is 43.8 Å². The van der Waals surface area contributed by atoms with Crippen LogP contribution in [0.25, 0.3) is 10.9 Å². The van der Waals surface area contributed by atoms with Crippen molar-refractivity contribution in [3.05, 3.63) is 60.2 Å². The summed E-state index contributed by atoms with van der Waals surface area (Å²) >= 11 is 0. The van der Waals surface area contributed by atoms with Crippen LogP contribution in [0.5, 0.6) is 0 Å². The second kappa shape index (κ2) is 8.65. The quantitative estimate of drug-likeness (QED) is 0.678. The number of piperazine rings is 1. The topological polar surface area (TPSA) is 44.3 Å². The van der Waals surface area contributed by atoms with Crippen LogP contribution in [0.1, 0.15) is 12.2 Å². The predicted molar refractivity (Wildman–Crippen MR) is 108 cm³/mol. The molecule has 1 saturated heterocycles. The summed E-state index contributed by atoms with van der Waals surface area (Å²) in [4.78, 5) is 12.5. The monoisotopic (exact) mass is 401 g/mol. The molecular formula is C21H22F3N5. The van der Waals surface area contributed by atoms with Crippen molar-refractivity contribution in [2.45, 2.75) is 6.43 Å². The largest absolute Gasteiger partial charge is 0.369 e. The first kappa shape index (κ1) is 19.4. The molecule has 8 heteroatoms. The summed E-state index contributed by atoms with van der Waals surface area (Å²) in [5, 5.41) is 3.93. The molecule has 1 fully saturated rings. The zero-order valence-corrected chi connectivity index (χ0v) is 15.9. The van der Waals surface area contributed by atoms with E-state index in [2.05, 4.69) is 25.1 Å². The molecule has 0 amide bonds. The highest BCUT2D eigenvalue weighted by molar-refractivity contribution is 5.89. The minimum absolute atomic E-state index is 0.231. The first-order valence-corrected chi connectivity index (χ1v) is 9.62. The number of para-hydroxylation sites is 1. The molecule has 2 aromatic carbocycles. The highest BCUT2D eigenvalue weighted by Crippen LogP contribution is 2.24. The maximum absolute atomic E-state index is 13.1. The summed E-state index contributed by atoms with van der Waals surface area (Å²) < 4.78 is 39.3. The molecule has 4 rings (SSSR count). The fraction of sp³-hybridized carbons (Fsp3) is 0.333. The zero-order chi connectivity index (χ0) is 20.2. The van der Waals surface area contributed by atoms with Gasteiger partial charge in [0.25, 0.3) is 6.43 Å². The number of nitrogens with zero attached hydrogens (tertiary/aromatic N) is 4. The van der Waals surface area contributed by atoms with Crippen LogP contribution in [0.3, 0.4) is 0 Å². The van der Waals surface area contributed by atoms with E-state index in [1.54, 1.807) is 24.3 Å². The third kappa shape index (κ3) is 4.59. The van der Waals surface area contributed by atoms with Crippen LogP contribution in [0.15, 0.2) is 48.5 Å². The lowest BCUT2D eigenvalue weighted by Crippen LogP contribution is -2.47. The van der Waals surface area contributed by atoms with Crippen LogP contribution in [0, 0.1) is 5.82 Å². The Bertz CT molecular complexity index is 956. The lowest BCUT2D eigenvalue weighted by Gasteiger charge is -2.36. The molecule has 0 saturated carbocycles. The molecule has 0 radical (unpaired) electrons.